The summed E-state index contributed by atoms with van der Waals surface area (Å²) in [7, 11) is 1.59. The molecule has 1 atom stereocenters. The number of hydrogen-bond acceptors (Lipinski definition) is 3. The van der Waals surface area contributed by atoms with Crippen molar-refractivity contribution in [1.29, 1.82) is 0 Å². The number of aromatic nitrogens is 2. The number of aryl methyl sites for hydroxylation is 1. The highest BCUT2D eigenvalue weighted by Gasteiger charge is 2.20. The molecule has 4 nitrogen and oxygen atoms in total. The Balaban J connectivity index is 3.30. The normalized spacial score (nSPS) is 14.3. The van der Waals surface area contributed by atoms with Crippen molar-refractivity contribution in [3.8, 4) is 0 Å². The third kappa shape index (κ3) is 2.27. The first kappa shape index (κ1) is 11.5. The van der Waals surface area contributed by atoms with Crippen LogP contribution in [0.2, 0.25) is 0 Å². The molecule has 0 radical (unpaired) electrons. The summed E-state index contributed by atoms with van der Waals surface area (Å²) in [5, 5.41) is 4.18. The van der Waals surface area contributed by atoms with Crippen LogP contribution in [0.15, 0.2) is 11.1 Å². The van der Waals surface area contributed by atoms with Gasteiger partial charge in [-0.05, 0) is 26.3 Å². The van der Waals surface area contributed by atoms with Gasteiger partial charge in [0.1, 0.15) is 0 Å². The van der Waals surface area contributed by atoms with Crippen molar-refractivity contribution < 1.29 is 8.42 Å². The van der Waals surface area contributed by atoms with Gasteiger partial charge in [-0.15, -0.1) is 0 Å². The van der Waals surface area contributed by atoms with Crippen LogP contribution in [0, 0.1) is 6.92 Å². The maximum atomic E-state index is 11.2. The van der Waals surface area contributed by atoms with Crippen LogP contribution in [-0.2, 0) is 9.05 Å². The summed E-state index contributed by atoms with van der Waals surface area (Å²) in [6, 6.07) is 1.52. The number of nitrogens with zero attached hydrogens (tertiary/aromatic N) is 2. The quantitative estimate of drug-likeness (QED) is 0.756. The summed E-state index contributed by atoms with van der Waals surface area (Å²) in [6.07, 6.45) is 0.806. The summed E-state index contributed by atoms with van der Waals surface area (Å²) in [6.45, 7) is 5.61. The average molecular weight is 237 g/mol. The summed E-state index contributed by atoms with van der Waals surface area (Å²) < 4.78 is 23.8. The maximum absolute atomic E-state index is 11.2. The maximum Gasteiger partial charge on any atom is 0.278 e. The molecule has 0 amide bonds. The molecule has 0 bridgehead atoms. The molecule has 0 fully saturated rings. The van der Waals surface area contributed by atoms with Crippen LogP contribution in [0.25, 0.3) is 0 Å². The highest BCUT2D eigenvalue weighted by atomic mass is 35.7. The van der Waals surface area contributed by atoms with Crippen LogP contribution in [0.1, 0.15) is 32.0 Å². The van der Waals surface area contributed by atoms with Crippen LogP contribution in [-0.4, -0.2) is 18.2 Å². The van der Waals surface area contributed by atoms with E-state index in [1.165, 1.54) is 10.7 Å². The van der Waals surface area contributed by atoms with E-state index in [1.807, 2.05) is 13.8 Å². The van der Waals surface area contributed by atoms with Crippen molar-refractivity contribution in [2.75, 3.05) is 0 Å². The zero-order chi connectivity index (χ0) is 10.9. The lowest BCUT2D eigenvalue weighted by Crippen LogP contribution is -2.11. The second-order valence-electron chi connectivity index (χ2n) is 3.26. The molecule has 1 aromatic heterocycles. The molecule has 0 aliphatic rings. The third-order valence-corrected chi connectivity index (χ3v) is 3.36. The smallest absolute Gasteiger partial charge is 0.250 e. The van der Waals surface area contributed by atoms with Gasteiger partial charge in [0, 0.05) is 10.7 Å². The van der Waals surface area contributed by atoms with Gasteiger partial charge in [0.2, 0.25) is 0 Å². The van der Waals surface area contributed by atoms with E-state index in [1.54, 1.807) is 6.92 Å². The molecule has 0 aromatic carbocycles. The first-order chi connectivity index (χ1) is 6.36. The van der Waals surface area contributed by atoms with E-state index in [4.69, 9.17) is 10.7 Å². The number of rotatable bonds is 3. The Kier molecular flexibility index (Phi) is 3.21. The molecule has 0 aliphatic carbocycles. The molecule has 1 rings (SSSR count). The predicted octanol–water partition coefficient (Wildman–Crippen LogP) is 2.09. The van der Waals surface area contributed by atoms with E-state index in [2.05, 4.69) is 5.10 Å². The fourth-order valence-electron chi connectivity index (χ4n) is 1.16. The Morgan fingerprint density at radius 1 is 1.64 bits per heavy atom. The second kappa shape index (κ2) is 3.90. The second-order valence-corrected chi connectivity index (χ2v) is 5.78. The number of hydrogen-bond donors (Lipinski definition) is 0. The zero-order valence-corrected chi connectivity index (χ0v) is 9.93. The molecule has 0 aliphatic heterocycles. The molecule has 1 unspecified atom stereocenters. The predicted molar refractivity (Wildman–Crippen MR) is 55.0 cm³/mol. The van der Waals surface area contributed by atoms with Gasteiger partial charge in [0.15, 0.2) is 5.03 Å². The van der Waals surface area contributed by atoms with Gasteiger partial charge in [-0.2, -0.15) is 5.10 Å². The molecule has 6 heteroatoms. The average Bonchev–Trinajstić information content (AvgIpc) is 2.45. The first-order valence-electron chi connectivity index (χ1n) is 4.37. The van der Waals surface area contributed by atoms with Gasteiger partial charge in [-0.3, -0.25) is 0 Å². The molecule has 0 N–H and O–H groups in total. The minimum Gasteiger partial charge on any atom is -0.250 e. The molecule has 1 aromatic rings. The van der Waals surface area contributed by atoms with E-state index in [9.17, 15) is 8.42 Å². The van der Waals surface area contributed by atoms with Gasteiger partial charge in [0.05, 0.1) is 11.7 Å². The topological polar surface area (TPSA) is 52.0 Å². The highest BCUT2D eigenvalue weighted by molar-refractivity contribution is 8.13. The summed E-state index contributed by atoms with van der Waals surface area (Å²) in [4.78, 5) is 0. The van der Waals surface area contributed by atoms with E-state index >= 15 is 0 Å². The Morgan fingerprint density at radius 2 is 2.21 bits per heavy atom. The lowest BCUT2D eigenvalue weighted by molar-refractivity contribution is 0.437. The van der Waals surface area contributed by atoms with Crippen LogP contribution in [0.4, 0.5) is 0 Å². The van der Waals surface area contributed by atoms with Crippen molar-refractivity contribution in [2.45, 2.75) is 38.3 Å². The Hall–Kier alpha value is -0.550. The number of halogens is 1. The first-order valence-corrected chi connectivity index (χ1v) is 6.68. The summed E-state index contributed by atoms with van der Waals surface area (Å²) in [5.74, 6) is 0. The highest BCUT2D eigenvalue weighted by Crippen LogP contribution is 2.21. The lowest BCUT2D eigenvalue weighted by atomic mass is 10.3. The van der Waals surface area contributed by atoms with E-state index < -0.39 is 9.05 Å². The standard InChI is InChI=1S/C8H13ClN2O2S/c1-4-7(3)11-8(14(9,12)13)5-6(2)10-11/h5,7H,4H2,1-3H3. The lowest BCUT2D eigenvalue weighted by Gasteiger charge is -2.11. The van der Waals surface area contributed by atoms with Gasteiger partial charge >= 0.3 is 0 Å². The van der Waals surface area contributed by atoms with Gasteiger partial charge in [-0.1, -0.05) is 6.92 Å². The van der Waals surface area contributed by atoms with E-state index in [0.717, 1.165) is 6.42 Å². The van der Waals surface area contributed by atoms with Crippen molar-refractivity contribution in [2.24, 2.45) is 0 Å². The fourth-order valence-corrected chi connectivity index (χ4v) is 2.26. The van der Waals surface area contributed by atoms with Crippen LogP contribution in [0.3, 0.4) is 0 Å². The van der Waals surface area contributed by atoms with Crippen molar-refractivity contribution in [3.05, 3.63) is 11.8 Å². The minimum atomic E-state index is -3.70. The molecule has 80 valence electrons. The summed E-state index contributed by atoms with van der Waals surface area (Å²) >= 11 is 0. The Bertz CT molecular complexity index is 425. The van der Waals surface area contributed by atoms with Crippen molar-refractivity contribution in [3.63, 3.8) is 0 Å². The van der Waals surface area contributed by atoms with Gasteiger partial charge in [0.25, 0.3) is 9.05 Å². The minimum absolute atomic E-state index is 0.0345. The van der Waals surface area contributed by atoms with E-state index in [0.29, 0.717) is 5.69 Å². The largest absolute Gasteiger partial charge is 0.278 e. The van der Waals surface area contributed by atoms with Crippen LogP contribution < -0.4 is 0 Å². The molecular weight excluding hydrogens is 224 g/mol. The van der Waals surface area contributed by atoms with Crippen molar-refractivity contribution >= 4 is 19.7 Å². The van der Waals surface area contributed by atoms with E-state index in [-0.39, 0.29) is 11.1 Å². The van der Waals surface area contributed by atoms with Crippen LogP contribution >= 0.6 is 10.7 Å². The molecule has 0 spiro atoms. The monoisotopic (exact) mass is 236 g/mol. The molecule has 0 saturated heterocycles. The van der Waals surface area contributed by atoms with Gasteiger partial charge < -0.3 is 0 Å². The zero-order valence-electron chi connectivity index (χ0n) is 8.36. The molecular formula is C8H13ClN2O2S. The van der Waals surface area contributed by atoms with Gasteiger partial charge in [-0.25, -0.2) is 13.1 Å². The van der Waals surface area contributed by atoms with Crippen molar-refractivity contribution in [1.82, 2.24) is 9.78 Å². The molecule has 14 heavy (non-hydrogen) atoms. The third-order valence-electron chi connectivity index (χ3n) is 2.08. The van der Waals surface area contributed by atoms with Crippen LogP contribution in [0.5, 0.6) is 0 Å². The Labute approximate surface area is 88.3 Å². The molecule has 1 heterocycles. The fraction of sp³-hybridized carbons (Fsp3) is 0.625. The summed E-state index contributed by atoms with van der Waals surface area (Å²) in [5.41, 5.74) is 0.657. The SMILES string of the molecule is CCC(C)n1nc(C)cc1S(=O)(=O)Cl. The Morgan fingerprint density at radius 3 is 2.64 bits per heavy atom. The molecule has 0 saturated carbocycles.